The standard InChI is InChI=1S/C16H23N3O4S/c1-12-8-15(12)16(20)19-6-7-23-14(10-19)11-24(21,22)18-9-13-4-2-3-5-17-13/h2-5,12,14-15,18H,6-11H2,1H3/t12-,14+,15+/m1/s1. The van der Waals surface area contributed by atoms with Crippen LogP contribution in [0.3, 0.4) is 0 Å². The van der Waals surface area contributed by atoms with Crippen LogP contribution in [0, 0.1) is 11.8 Å². The topological polar surface area (TPSA) is 88.6 Å². The van der Waals surface area contributed by atoms with Crippen molar-refractivity contribution in [2.45, 2.75) is 26.0 Å². The second kappa shape index (κ2) is 7.16. The van der Waals surface area contributed by atoms with Gasteiger partial charge < -0.3 is 9.64 Å². The minimum absolute atomic E-state index is 0.114. The molecule has 1 aliphatic carbocycles. The van der Waals surface area contributed by atoms with Gasteiger partial charge in [0.05, 0.1) is 30.7 Å². The molecule has 2 heterocycles. The number of morpholine rings is 1. The molecule has 3 atom stereocenters. The fourth-order valence-electron chi connectivity index (χ4n) is 2.91. The fourth-order valence-corrected chi connectivity index (χ4v) is 4.09. The predicted octanol–water partition coefficient (Wildman–Crippen LogP) is 0.384. The van der Waals surface area contributed by atoms with Crippen molar-refractivity contribution in [1.82, 2.24) is 14.6 Å². The summed E-state index contributed by atoms with van der Waals surface area (Å²) in [5.74, 6) is 0.545. The minimum atomic E-state index is -3.50. The highest BCUT2D eigenvalue weighted by Crippen LogP contribution is 2.39. The van der Waals surface area contributed by atoms with Crippen LogP contribution in [0.2, 0.25) is 0 Å². The lowest BCUT2D eigenvalue weighted by molar-refractivity contribution is -0.139. The van der Waals surface area contributed by atoms with Crippen LogP contribution in [0.1, 0.15) is 19.0 Å². The van der Waals surface area contributed by atoms with Crippen molar-refractivity contribution in [2.24, 2.45) is 11.8 Å². The van der Waals surface area contributed by atoms with Gasteiger partial charge in [-0.05, 0) is 24.5 Å². The molecule has 0 unspecified atom stereocenters. The van der Waals surface area contributed by atoms with Crippen LogP contribution >= 0.6 is 0 Å². The highest BCUT2D eigenvalue weighted by atomic mass is 32.2. The lowest BCUT2D eigenvalue weighted by Gasteiger charge is -2.33. The number of nitrogens with zero attached hydrogens (tertiary/aromatic N) is 2. The maximum Gasteiger partial charge on any atom is 0.226 e. The van der Waals surface area contributed by atoms with Crippen molar-refractivity contribution in [1.29, 1.82) is 0 Å². The van der Waals surface area contributed by atoms with Crippen LogP contribution in [0.5, 0.6) is 0 Å². The SMILES string of the molecule is C[C@@H]1C[C@@H]1C(=O)N1CCO[C@H](CS(=O)(=O)NCc2ccccn2)C1. The van der Waals surface area contributed by atoms with Gasteiger partial charge in [-0.1, -0.05) is 13.0 Å². The highest BCUT2D eigenvalue weighted by Gasteiger charge is 2.42. The van der Waals surface area contributed by atoms with E-state index < -0.39 is 16.1 Å². The smallest absolute Gasteiger partial charge is 0.226 e. The molecular weight excluding hydrogens is 330 g/mol. The zero-order valence-electron chi connectivity index (χ0n) is 13.7. The van der Waals surface area contributed by atoms with Crippen LogP contribution in [-0.2, 0) is 26.1 Å². The lowest BCUT2D eigenvalue weighted by atomic mass is 10.2. The monoisotopic (exact) mass is 353 g/mol. The third-order valence-electron chi connectivity index (χ3n) is 4.48. The molecule has 0 radical (unpaired) electrons. The third-order valence-corrected chi connectivity index (χ3v) is 5.88. The van der Waals surface area contributed by atoms with Crippen LogP contribution in [-0.4, -0.2) is 55.8 Å². The first-order chi connectivity index (χ1) is 11.4. The first-order valence-electron chi connectivity index (χ1n) is 8.22. The quantitative estimate of drug-likeness (QED) is 0.799. The number of aromatic nitrogens is 1. The Balaban J connectivity index is 1.51. The summed E-state index contributed by atoms with van der Waals surface area (Å²) in [6.07, 6.45) is 2.07. The first-order valence-corrected chi connectivity index (χ1v) is 9.87. The molecule has 1 saturated heterocycles. The van der Waals surface area contributed by atoms with Crippen molar-refractivity contribution in [3.63, 3.8) is 0 Å². The van der Waals surface area contributed by atoms with E-state index in [1.54, 1.807) is 23.2 Å². The van der Waals surface area contributed by atoms with E-state index in [4.69, 9.17) is 4.74 Å². The van der Waals surface area contributed by atoms with Gasteiger partial charge in [-0.3, -0.25) is 9.78 Å². The van der Waals surface area contributed by atoms with E-state index in [0.29, 0.717) is 31.3 Å². The summed E-state index contributed by atoms with van der Waals surface area (Å²) < 4.78 is 32.5. The number of amides is 1. The number of carbonyl (C=O) groups excluding carboxylic acids is 1. The number of hydrogen-bond donors (Lipinski definition) is 1. The molecule has 2 aliphatic rings. The Kier molecular flexibility index (Phi) is 5.17. The van der Waals surface area contributed by atoms with E-state index in [0.717, 1.165) is 6.42 Å². The van der Waals surface area contributed by atoms with Crippen molar-refractivity contribution < 1.29 is 17.9 Å². The Labute approximate surface area is 142 Å². The molecule has 7 nitrogen and oxygen atoms in total. The van der Waals surface area contributed by atoms with Crippen LogP contribution in [0.4, 0.5) is 0 Å². The van der Waals surface area contributed by atoms with Crippen molar-refractivity contribution in [3.05, 3.63) is 30.1 Å². The van der Waals surface area contributed by atoms with E-state index in [9.17, 15) is 13.2 Å². The van der Waals surface area contributed by atoms with E-state index in [2.05, 4.69) is 16.6 Å². The third kappa shape index (κ3) is 4.52. The van der Waals surface area contributed by atoms with E-state index >= 15 is 0 Å². The zero-order valence-corrected chi connectivity index (χ0v) is 14.5. The van der Waals surface area contributed by atoms with Crippen LogP contribution in [0.25, 0.3) is 0 Å². The van der Waals surface area contributed by atoms with Gasteiger partial charge in [0.1, 0.15) is 0 Å². The average molecular weight is 353 g/mol. The van der Waals surface area contributed by atoms with E-state index in [1.165, 1.54) is 0 Å². The number of pyridine rings is 1. The molecule has 0 aromatic carbocycles. The maximum absolute atomic E-state index is 12.3. The molecule has 2 fully saturated rings. The molecule has 1 amide bonds. The number of hydrogen-bond acceptors (Lipinski definition) is 5. The molecule has 1 aromatic rings. The normalized spacial score (nSPS) is 27.0. The second-order valence-corrected chi connectivity index (χ2v) is 8.37. The van der Waals surface area contributed by atoms with Gasteiger partial charge in [0.15, 0.2) is 0 Å². The molecule has 132 valence electrons. The molecule has 0 spiro atoms. The fraction of sp³-hybridized carbons (Fsp3) is 0.625. The summed E-state index contributed by atoms with van der Waals surface area (Å²) in [5, 5.41) is 0. The Hall–Kier alpha value is -1.51. The zero-order chi connectivity index (χ0) is 17.2. The predicted molar refractivity (Wildman–Crippen MR) is 88.5 cm³/mol. The Morgan fingerprint density at radius 1 is 1.46 bits per heavy atom. The Morgan fingerprint density at radius 3 is 2.92 bits per heavy atom. The van der Waals surface area contributed by atoms with Crippen LogP contribution < -0.4 is 4.72 Å². The first kappa shape index (κ1) is 17.3. The molecule has 1 aromatic heterocycles. The largest absolute Gasteiger partial charge is 0.373 e. The van der Waals surface area contributed by atoms with Gasteiger partial charge in [0.25, 0.3) is 0 Å². The number of rotatable bonds is 6. The maximum atomic E-state index is 12.3. The molecule has 1 aliphatic heterocycles. The van der Waals surface area contributed by atoms with Gasteiger partial charge >= 0.3 is 0 Å². The summed E-state index contributed by atoms with van der Waals surface area (Å²) in [5.41, 5.74) is 0.658. The summed E-state index contributed by atoms with van der Waals surface area (Å²) in [6.45, 7) is 3.48. The number of ether oxygens (including phenoxy) is 1. The summed E-state index contributed by atoms with van der Waals surface area (Å²) in [7, 11) is -3.50. The number of nitrogens with one attached hydrogen (secondary N) is 1. The van der Waals surface area contributed by atoms with E-state index in [-0.39, 0.29) is 24.1 Å². The average Bonchev–Trinajstić information content (AvgIpc) is 3.30. The second-order valence-electron chi connectivity index (χ2n) is 6.52. The Morgan fingerprint density at radius 2 is 2.25 bits per heavy atom. The van der Waals surface area contributed by atoms with E-state index in [1.807, 2.05) is 6.07 Å². The molecule has 3 rings (SSSR count). The van der Waals surface area contributed by atoms with Gasteiger partial charge in [-0.2, -0.15) is 0 Å². The van der Waals surface area contributed by atoms with Crippen LogP contribution in [0.15, 0.2) is 24.4 Å². The summed E-state index contributed by atoms with van der Waals surface area (Å²) in [4.78, 5) is 18.1. The molecule has 1 saturated carbocycles. The molecule has 24 heavy (non-hydrogen) atoms. The summed E-state index contributed by atoms with van der Waals surface area (Å²) >= 11 is 0. The van der Waals surface area contributed by atoms with Gasteiger partial charge in [-0.15, -0.1) is 0 Å². The Bertz CT molecular complexity index is 680. The van der Waals surface area contributed by atoms with Crippen molar-refractivity contribution in [2.75, 3.05) is 25.4 Å². The van der Waals surface area contributed by atoms with Crippen molar-refractivity contribution >= 4 is 15.9 Å². The highest BCUT2D eigenvalue weighted by molar-refractivity contribution is 7.89. The molecule has 1 N–H and O–H groups in total. The van der Waals surface area contributed by atoms with Gasteiger partial charge in [0.2, 0.25) is 15.9 Å². The molecule has 8 heteroatoms. The summed E-state index contributed by atoms with van der Waals surface area (Å²) in [6, 6.07) is 5.35. The van der Waals surface area contributed by atoms with Gasteiger partial charge in [-0.25, -0.2) is 13.1 Å². The minimum Gasteiger partial charge on any atom is -0.373 e. The number of carbonyl (C=O) groups is 1. The van der Waals surface area contributed by atoms with Crippen molar-refractivity contribution in [3.8, 4) is 0 Å². The van der Waals surface area contributed by atoms with Gasteiger partial charge in [0, 0.05) is 25.2 Å². The number of sulfonamides is 1. The molecule has 0 bridgehead atoms. The molecular formula is C16H23N3O4S. The lowest BCUT2D eigenvalue weighted by Crippen LogP contribution is -2.49.